The molecule has 0 radical (unpaired) electrons. The summed E-state index contributed by atoms with van der Waals surface area (Å²) in [6.07, 6.45) is 6.48. The van der Waals surface area contributed by atoms with Crippen molar-refractivity contribution in [2.24, 2.45) is 0 Å². The summed E-state index contributed by atoms with van der Waals surface area (Å²) in [5.41, 5.74) is 3.65. The summed E-state index contributed by atoms with van der Waals surface area (Å²) in [7, 11) is 0. The Morgan fingerprint density at radius 1 is 1.29 bits per heavy atom. The van der Waals surface area contributed by atoms with Gasteiger partial charge in [0.1, 0.15) is 5.82 Å². The first-order valence-electron chi connectivity index (χ1n) is 10.0. The zero-order valence-corrected chi connectivity index (χ0v) is 17.7. The third kappa shape index (κ3) is 4.42. The molecule has 148 valence electrons. The molecule has 4 rings (SSSR count). The van der Waals surface area contributed by atoms with E-state index in [-0.39, 0.29) is 0 Å². The second kappa shape index (κ2) is 8.41. The highest BCUT2D eigenvalue weighted by Crippen LogP contribution is 2.28. The van der Waals surface area contributed by atoms with E-state index in [0.29, 0.717) is 5.92 Å². The van der Waals surface area contributed by atoms with Gasteiger partial charge in [0, 0.05) is 54.1 Å². The monoisotopic (exact) mass is 396 g/mol. The average Bonchev–Trinajstić information content (AvgIpc) is 3.27. The number of anilines is 2. The standard InChI is InChI=1S/C21H28N6S/c1-4-27-14-18(16(3)25-27)13-26-10-6-7-17(12-26)19-8-5-9-20(23-19)24-21-22-11-15(2)28-21/h5,8-9,11,14,17H,4,6-7,10,12-13H2,1-3H3,(H,22,23,24). The van der Waals surface area contributed by atoms with Crippen molar-refractivity contribution in [1.82, 2.24) is 24.6 Å². The van der Waals surface area contributed by atoms with Crippen LogP contribution in [0.5, 0.6) is 0 Å². The summed E-state index contributed by atoms with van der Waals surface area (Å²) in [6, 6.07) is 6.27. The van der Waals surface area contributed by atoms with E-state index in [1.807, 2.05) is 16.9 Å². The molecule has 7 heteroatoms. The minimum atomic E-state index is 0.468. The van der Waals surface area contributed by atoms with Crippen molar-refractivity contribution in [1.29, 1.82) is 0 Å². The van der Waals surface area contributed by atoms with Crippen molar-refractivity contribution in [2.75, 3.05) is 18.4 Å². The van der Waals surface area contributed by atoms with Crippen LogP contribution in [0.1, 0.15) is 47.5 Å². The third-order valence-corrected chi connectivity index (χ3v) is 6.14. The Morgan fingerprint density at radius 3 is 2.93 bits per heavy atom. The Hall–Kier alpha value is -2.25. The van der Waals surface area contributed by atoms with Crippen LogP contribution >= 0.6 is 11.3 Å². The summed E-state index contributed by atoms with van der Waals surface area (Å²) in [4.78, 5) is 13.0. The predicted molar refractivity (Wildman–Crippen MR) is 114 cm³/mol. The van der Waals surface area contributed by atoms with Gasteiger partial charge in [0.25, 0.3) is 0 Å². The fraction of sp³-hybridized carbons (Fsp3) is 0.476. The molecule has 1 saturated heterocycles. The number of thiazole rings is 1. The quantitative estimate of drug-likeness (QED) is 0.665. The lowest BCUT2D eigenvalue weighted by Gasteiger charge is -2.32. The van der Waals surface area contributed by atoms with E-state index in [4.69, 9.17) is 4.98 Å². The smallest absolute Gasteiger partial charge is 0.188 e. The maximum atomic E-state index is 4.89. The number of nitrogens with one attached hydrogen (secondary N) is 1. The first-order valence-corrected chi connectivity index (χ1v) is 10.8. The molecule has 1 aliphatic heterocycles. The van der Waals surface area contributed by atoms with Crippen molar-refractivity contribution in [2.45, 2.75) is 52.6 Å². The van der Waals surface area contributed by atoms with Gasteiger partial charge in [-0.3, -0.25) is 9.58 Å². The molecule has 0 aromatic carbocycles. The van der Waals surface area contributed by atoms with Gasteiger partial charge in [-0.25, -0.2) is 9.97 Å². The van der Waals surface area contributed by atoms with Crippen molar-refractivity contribution < 1.29 is 0 Å². The number of rotatable bonds is 6. The molecule has 0 amide bonds. The number of hydrogen-bond acceptors (Lipinski definition) is 6. The van der Waals surface area contributed by atoms with Crippen LogP contribution in [0.3, 0.4) is 0 Å². The van der Waals surface area contributed by atoms with Crippen molar-refractivity contribution in [3.8, 4) is 0 Å². The van der Waals surface area contributed by atoms with E-state index in [0.717, 1.165) is 42.8 Å². The van der Waals surface area contributed by atoms with Crippen LogP contribution in [-0.4, -0.2) is 37.7 Å². The molecule has 1 N–H and O–H groups in total. The fourth-order valence-corrected chi connectivity index (χ4v) is 4.50. The van der Waals surface area contributed by atoms with Gasteiger partial charge in [0.2, 0.25) is 0 Å². The minimum absolute atomic E-state index is 0.468. The molecular weight excluding hydrogens is 368 g/mol. The summed E-state index contributed by atoms with van der Waals surface area (Å²) in [5, 5.41) is 8.83. The van der Waals surface area contributed by atoms with E-state index in [2.05, 4.69) is 59.4 Å². The van der Waals surface area contributed by atoms with Gasteiger partial charge in [-0.05, 0) is 52.3 Å². The number of aryl methyl sites for hydroxylation is 3. The molecule has 1 fully saturated rings. The molecule has 28 heavy (non-hydrogen) atoms. The number of piperidine rings is 1. The van der Waals surface area contributed by atoms with Crippen LogP contribution in [-0.2, 0) is 13.1 Å². The number of likely N-dealkylation sites (tertiary alicyclic amines) is 1. The first kappa shape index (κ1) is 19.1. The number of nitrogens with zero attached hydrogens (tertiary/aromatic N) is 5. The lowest BCUT2D eigenvalue weighted by Crippen LogP contribution is -2.34. The second-order valence-corrected chi connectivity index (χ2v) is 8.75. The molecule has 0 spiro atoms. The topological polar surface area (TPSA) is 58.9 Å². The zero-order chi connectivity index (χ0) is 19.5. The molecule has 1 unspecified atom stereocenters. The van der Waals surface area contributed by atoms with Gasteiger partial charge in [-0.2, -0.15) is 5.10 Å². The summed E-state index contributed by atoms with van der Waals surface area (Å²) in [6.45, 7) is 10.4. The SMILES string of the molecule is CCn1cc(CN2CCCC(c3cccc(Nc4ncc(C)s4)n3)C2)c(C)n1. The van der Waals surface area contributed by atoms with Crippen LogP contribution in [0.25, 0.3) is 0 Å². The molecular formula is C21H28N6S. The fourth-order valence-electron chi connectivity index (χ4n) is 3.83. The highest BCUT2D eigenvalue weighted by atomic mass is 32.1. The summed E-state index contributed by atoms with van der Waals surface area (Å²) in [5.74, 6) is 1.35. The molecule has 0 bridgehead atoms. The van der Waals surface area contributed by atoms with Crippen LogP contribution in [0.15, 0.2) is 30.6 Å². The molecule has 6 nitrogen and oxygen atoms in total. The Bertz CT molecular complexity index is 931. The van der Waals surface area contributed by atoms with Crippen LogP contribution in [0.2, 0.25) is 0 Å². The van der Waals surface area contributed by atoms with E-state index in [1.54, 1.807) is 11.3 Å². The second-order valence-electron chi connectivity index (χ2n) is 7.52. The van der Waals surface area contributed by atoms with Gasteiger partial charge >= 0.3 is 0 Å². The van der Waals surface area contributed by atoms with Gasteiger partial charge in [0.15, 0.2) is 5.13 Å². The van der Waals surface area contributed by atoms with Crippen LogP contribution < -0.4 is 5.32 Å². The third-order valence-electron chi connectivity index (χ3n) is 5.32. The van der Waals surface area contributed by atoms with Crippen molar-refractivity contribution >= 4 is 22.3 Å². The highest BCUT2D eigenvalue weighted by Gasteiger charge is 2.23. The number of hydrogen-bond donors (Lipinski definition) is 1. The van der Waals surface area contributed by atoms with Crippen LogP contribution in [0, 0.1) is 13.8 Å². The van der Waals surface area contributed by atoms with Gasteiger partial charge in [0.05, 0.1) is 5.69 Å². The van der Waals surface area contributed by atoms with E-state index >= 15 is 0 Å². The van der Waals surface area contributed by atoms with Gasteiger partial charge < -0.3 is 5.32 Å². The molecule has 4 heterocycles. The van der Waals surface area contributed by atoms with Gasteiger partial charge in [-0.15, -0.1) is 11.3 Å². The first-order chi connectivity index (χ1) is 13.6. The number of aromatic nitrogens is 4. The highest BCUT2D eigenvalue weighted by molar-refractivity contribution is 7.15. The molecule has 0 aliphatic carbocycles. The number of pyridine rings is 1. The lowest BCUT2D eigenvalue weighted by atomic mass is 9.94. The molecule has 0 saturated carbocycles. The Kier molecular flexibility index (Phi) is 5.73. The maximum Gasteiger partial charge on any atom is 0.188 e. The normalized spacial score (nSPS) is 17.8. The largest absolute Gasteiger partial charge is 0.316 e. The molecule has 1 atom stereocenters. The predicted octanol–water partition coefficient (Wildman–Crippen LogP) is 4.49. The molecule has 3 aromatic rings. The average molecular weight is 397 g/mol. The molecule has 3 aromatic heterocycles. The Labute approximate surface area is 170 Å². The summed E-state index contributed by atoms with van der Waals surface area (Å²) < 4.78 is 2.03. The minimum Gasteiger partial charge on any atom is -0.316 e. The van der Waals surface area contributed by atoms with Gasteiger partial charge in [-0.1, -0.05) is 6.07 Å². The van der Waals surface area contributed by atoms with Crippen molar-refractivity contribution in [3.63, 3.8) is 0 Å². The van der Waals surface area contributed by atoms with E-state index < -0.39 is 0 Å². The maximum absolute atomic E-state index is 4.89. The Balaban J connectivity index is 1.44. The van der Waals surface area contributed by atoms with E-state index in [1.165, 1.54) is 29.0 Å². The summed E-state index contributed by atoms with van der Waals surface area (Å²) >= 11 is 1.65. The van der Waals surface area contributed by atoms with Crippen molar-refractivity contribution in [3.05, 3.63) is 52.4 Å². The zero-order valence-electron chi connectivity index (χ0n) is 16.9. The Morgan fingerprint density at radius 2 is 2.18 bits per heavy atom. The van der Waals surface area contributed by atoms with Crippen LogP contribution in [0.4, 0.5) is 10.9 Å². The van der Waals surface area contributed by atoms with E-state index in [9.17, 15) is 0 Å². The lowest BCUT2D eigenvalue weighted by molar-refractivity contribution is 0.198. The molecule has 1 aliphatic rings.